The van der Waals surface area contributed by atoms with Crippen molar-refractivity contribution >= 4 is 12.1 Å². The predicted molar refractivity (Wildman–Crippen MR) is 70.4 cm³/mol. The molecule has 1 aromatic carbocycles. The van der Waals surface area contributed by atoms with Gasteiger partial charge in [0.25, 0.3) is 0 Å². The van der Waals surface area contributed by atoms with Crippen LogP contribution in [0.15, 0.2) is 23.3 Å². The number of benzene rings is 1. The number of aromatic hydroxyl groups is 2. The van der Waals surface area contributed by atoms with Crippen LogP contribution in [0.5, 0.6) is 11.5 Å². The van der Waals surface area contributed by atoms with Gasteiger partial charge in [-0.15, -0.1) is 0 Å². The molecule has 0 bridgehead atoms. The molecular formula is C13H16N2O5. The fraction of sp³-hybridized carbons (Fsp3) is 0.385. The molecule has 108 valence electrons. The lowest BCUT2D eigenvalue weighted by molar-refractivity contribution is -0.159. The molecular weight excluding hydrogens is 264 g/mol. The Bertz CT molecular complexity index is 523. The van der Waals surface area contributed by atoms with E-state index in [1.807, 2.05) is 0 Å². The molecule has 0 aromatic heterocycles. The summed E-state index contributed by atoms with van der Waals surface area (Å²) in [6.45, 7) is 2.64. The number of nitrogens with one attached hydrogen (secondary N) is 1. The van der Waals surface area contributed by atoms with E-state index in [0.29, 0.717) is 18.8 Å². The van der Waals surface area contributed by atoms with Crippen molar-refractivity contribution in [1.29, 1.82) is 0 Å². The number of carbonyl (C=O) groups excluding carboxylic acids is 1. The maximum Gasteiger partial charge on any atom is 0.245 e. The van der Waals surface area contributed by atoms with Crippen molar-refractivity contribution in [3.8, 4) is 11.5 Å². The van der Waals surface area contributed by atoms with Gasteiger partial charge < -0.3 is 19.7 Å². The molecule has 20 heavy (non-hydrogen) atoms. The highest BCUT2D eigenvalue weighted by Gasteiger charge is 2.33. The van der Waals surface area contributed by atoms with Crippen molar-refractivity contribution in [2.75, 3.05) is 13.2 Å². The van der Waals surface area contributed by atoms with Crippen LogP contribution in [0.2, 0.25) is 0 Å². The number of rotatable bonds is 4. The van der Waals surface area contributed by atoms with Crippen LogP contribution in [0.3, 0.4) is 0 Å². The predicted octanol–water partition coefficient (Wildman–Crippen LogP) is 0.701. The second-order valence-corrected chi connectivity index (χ2v) is 4.55. The van der Waals surface area contributed by atoms with E-state index in [9.17, 15) is 9.90 Å². The lowest BCUT2D eigenvalue weighted by atomic mass is 10.2. The molecule has 0 unspecified atom stereocenters. The fourth-order valence-corrected chi connectivity index (χ4v) is 1.79. The summed E-state index contributed by atoms with van der Waals surface area (Å²) in [5.74, 6) is -1.69. The number of hydrazone groups is 1. The van der Waals surface area contributed by atoms with E-state index >= 15 is 0 Å². The first-order chi connectivity index (χ1) is 9.48. The molecule has 7 heteroatoms. The average Bonchev–Trinajstić information content (AvgIpc) is 2.80. The molecule has 1 saturated heterocycles. The molecule has 1 aliphatic heterocycles. The van der Waals surface area contributed by atoms with Crippen LogP contribution in [0.1, 0.15) is 18.9 Å². The van der Waals surface area contributed by atoms with Crippen molar-refractivity contribution < 1.29 is 24.5 Å². The lowest BCUT2D eigenvalue weighted by Gasteiger charge is -2.20. The van der Waals surface area contributed by atoms with Crippen molar-refractivity contribution in [2.24, 2.45) is 5.10 Å². The van der Waals surface area contributed by atoms with Crippen molar-refractivity contribution in [2.45, 2.75) is 19.1 Å². The van der Waals surface area contributed by atoms with Crippen molar-refractivity contribution in [3.05, 3.63) is 23.8 Å². The Kier molecular flexibility index (Phi) is 4.21. The Balaban J connectivity index is 1.86. The highest BCUT2D eigenvalue weighted by molar-refractivity contribution is 5.83. The summed E-state index contributed by atoms with van der Waals surface area (Å²) in [6.07, 6.45) is 1.40. The molecule has 0 radical (unpaired) electrons. The molecule has 0 spiro atoms. The van der Waals surface area contributed by atoms with Crippen LogP contribution in [0, 0.1) is 0 Å². The van der Waals surface area contributed by atoms with Gasteiger partial charge in [0.15, 0.2) is 17.3 Å². The largest absolute Gasteiger partial charge is 0.504 e. The molecule has 1 amide bonds. The Morgan fingerprint density at radius 2 is 2.10 bits per heavy atom. The first kappa shape index (κ1) is 14.3. The molecule has 1 aliphatic rings. The van der Waals surface area contributed by atoms with E-state index in [-0.39, 0.29) is 23.8 Å². The van der Waals surface area contributed by atoms with Gasteiger partial charge in [0.1, 0.15) is 0 Å². The Labute approximate surface area is 115 Å². The zero-order chi connectivity index (χ0) is 14.6. The maximum absolute atomic E-state index is 11.6. The quantitative estimate of drug-likeness (QED) is 0.428. The lowest BCUT2D eigenvalue weighted by Crippen LogP contribution is -2.33. The third-order valence-electron chi connectivity index (χ3n) is 2.78. The maximum atomic E-state index is 11.6. The van der Waals surface area contributed by atoms with Gasteiger partial charge in [-0.1, -0.05) is 0 Å². The summed E-state index contributed by atoms with van der Waals surface area (Å²) in [5.41, 5.74) is 2.89. The first-order valence-electron chi connectivity index (χ1n) is 6.10. The average molecular weight is 280 g/mol. The number of amides is 1. The highest BCUT2D eigenvalue weighted by Crippen LogP contribution is 2.24. The Morgan fingerprint density at radius 1 is 1.40 bits per heavy atom. The van der Waals surface area contributed by atoms with Crippen LogP contribution in [0.4, 0.5) is 0 Å². The van der Waals surface area contributed by atoms with Gasteiger partial charge in [0.05, 0.1) is 25.8 Å². The number of nitrogens with zero attached hydrogens (tertiary/aromatic N) is 1. The number of phenolic OH excluding ortho intramolecular Hbond substituents is 2. The molecule has 1 fully saturated rings. The minimum absolute atomic E-state index is 0.0468. The van der Waals surface area contributed by atoms with Crippen molar-refractivity contribution in [3.63, 3.8) is 0 Å². The summed E-state index contributed by atoms with van der Waals surface area (Å²) in [7, 11) is 0. The molecule has 0 saturated carbocycles. The van der Waals surface area contributed by atoms with E-state index in [4.69, 9.17) is 14.6 Å². The Morgan fingerprint density at radius 3 is 2.75 bits per heavy atom. The molecule has 1 heterocycles. The van der Waals surface area contributed by atoms with Gasteiger partial charge in [-0.25, -0.2) is 5.43 Å². The third kappa shape index (κ3) is 3.69. The van der Waals surface area contributed by atoms with Gasteiger partial charge in [-0.2, -0.15) is 5.10 Å². The molecule has 0 aliphatic carbocycles. The molecule has 3 N–H and O–H groups in total. The SMILES string of the molecule is CC1(CC(=O)N/N=C/c2ccc(O)c(O)c2)OCCO1. The third-order valence-corrected chi connectivity index (χ3v) is 2.78. The molecule has 7 nitrogen and oxygen atoms in total. The van der Waals surface area contributed by atoms with E-state index in [0.717, 1.165) is 0 Å². The number of carbonyl (C=O) groups is 1. The van der Waals surface area contributed by atoms with E-state index < -0.39 is 5.79 Å². The van der Waals surface area contributed by atoms with Gasteiger partial charge in [0.2, 0.25) is 5.91 Å². The van der Waals surface area contributed by atoms with Gasteiger partial charge >= 0.3 is 0 Å². The van der Waals surface area contributed by atoms with E-state index in [1.165, 1.54) is 18.3 Å². The highest BCUT2D eigenvalue weighted by atomic mass is 16.7. The summed E-state index contributed by atoms with van der Waals surface area (Å²) in [4.78, 5) is 11.6. The Hall–Kier alpha value is -2.12. The van der Waals surface area contributed by atoms with Gasteiger partial charge in [-0.05, 0) is 30.7 Å². The topological polar surface area (TPSA) is 100 Å². The summed E-state index contributed by atoms with van der Waals surface area (Å²) < 4.78 is 10.6. The number of hydrogen-bond donors (Lipinski definition) is 3. The molecule has 0 atom stereocenters. The molecule has 2 rings (SSSR count). The standard InChI is InChI=1S/C13H16N2O5/c1-13(19-4-5-20-13)7-12(18)15-14-8-9-2-3-10(16)11(17)6-9/h2-3,6,8,16-17H,4-5,7H2,1H3,(H,15,18)/b14-8+. The number of phenols is 2. The summed E-state index contributed by atoms with van der Waals surface area (Å²) >= 11 is 0. The van der Waals surface area contributed by atoms with Gasteiger partial charge in [0, 0.05) is 0 Å². The zero-order valence-corrected chi connectivity index (χ0v) is 11.0. The fourth-order valence-electron chi connectivity index (χ4n) is 1.79. The first-order valence-corrected chi connectivity index (χ1v) is 6.10. The van der Waals surface area contributed by atoms with Crippen LogP contribution in [0.25, 0.3) is 0 Å². The monoisotopic (exact) mass is 280 g/mol. The minimum Gasteiger partial charge on any atom is -0.504 e. The smallest absolute Gasteiger partial charge is 0.245 e. The zero-order valence-electron chi connectivity index (χ0n) is 11.0. The van der Waals surface area contributed by atoms with Crippen LogP contribution < -0.4 is 5.43 Å². The minimum atomic E-state index is -0.892. The van der Waals surface area contributed by atoms with Crippen molar-refractivity contribution in [1.82, 2.24) is 5.43 Å². The normalized spacial score (nSPS) is 17.4. The second kappa shape index (κ2) is 5.89. The van der Waals surface area contributed by atoms with Crippen LogP contribution >= 0.6 is 0 Å². The van der Waals surface area contributed by atoms with E-state index in [2.05, 4.69) is 10.5 Å². The summed E-state index contributed by atoms with van der Waals surface area (Å²) in [6, 6.07) is 4.21. The van der Waals surface area contributed by atoms with E-state index in [1.54, 1.807) is 13.0 Å². The molecule has 1 aromatic rings. The number of hydrogen-bond acceptors (Lipinski definition) is 6. The number of ether oxygens (including phenoxy) is 2. The van der Waals surface area contributed by atoms with Gasteiger partial charge in [-0.3, -0.25) is 4.79 Å². The van der Waals surface area contributed by atoms with Crippen LogP contribution in [-0.4, -0.2) is 41.3 Å². The second-order valence-electron chi connectivity index (χ2n) is 4.55. The summed E-state index contributed by atoms with van der Waals surface area (Å²) in [5, 5.41) is 22.2. The van der Waals surface area contributed by atoms with Crippen LogP contribution in [-0.2, 0) is 14.3 Å².